The van der Waals surface area contributed by atoms with Gasteiger partial charge in [0.2, 0.25) is 0 Å². The van der Waals surface area contributed by atoms with Crippen molar-refractivity contribution in [3.05, 3.63) is 40.9 Å². The smallest absolute Gasteiger partial charge is 0.0578 e. The zero-order valence-corrected chi connectivity index (χ0v) is 10.3. The fourth-order valence-corrected chi connectivity index (χ4v) is 1.51. The van der Waals surface area contributed by atoms with Gasteiger partial charge in [-0.15, -0.1) is 6.42 Å². The summed E-state index contributed by atoms with van der Waals surface area (Å²) in [7, 11) is 0. The Hall–Kier alpha value is -1.04. The van der Waals surface area contributed by atoms with Crippen LogP contribution in [-0.4, -0.2) is 12.6 Å². The molecule has 0 bridgehead atoms. The molecule has 1 unspecified atom stereocenters. The summed E-state index contributed by atoms with van der Waals surface area (Å²) in [6.45, 7) is 6.68. The minimum absolute atomic E-state index is 0.197. The van der Waals surface area contributed by atoms with Crippen molar-refractivity contribution < 1.29 is 0 Å². The van der Waals surface area contributed by atoms with E-state index in [1.165, 1.54) is 0 Å². The van der Waals surface area contributed by atoms with Gasteiger partial charge < -0.3 is 0 Å². The maximum atomic E-state index is 5.19. The Morgan fingerprint density at radius 2 is 2.13 bits per heavy atom. The first-order valence-corrected chi connectivity index (χ1v) is 5.56. The summed E-state index contributed by atoms with van der Waals surface area (Å²) in [4.78, 5) is 0. The Kier molecular flexibility index (Phi) is 4.61. The van der Waals surface area contributed by atoms with Crippen LogP contribution < -0.4 is 5.32 Å². The summed E-state index contributed by atoms with van der Waals surface area (Å²) in [5, 5.41) is 3.20. The van der Waals surface area contributed by atoms with E-state index < -0.39 is 0 Å². The van der Waals surface area contributed by atoms with Crippen LogP contribution in [0.3, 0.4) is 0 Å². The molecular formula is C13H14BrN. The number of hydrogen-bond donors (Lipinski definition) is 1. The Morgan fingerprint density at radius 1 is 1.53 bits per heavy atom. The zero-order valence-electron chi connectivity index (χ0n) is 8.76. The van der Waals surface area contributed by atoms with Crippen molar-refractivity contribution in [2.75, 3.05) is 6.54 Å². The van der Waals surface area contributed by atoms with E-state index >= 15 is 0 Å². The molecule has 0 heterocycles. The Morgan fingerprint density at radius 3 is 2.67 bits per heavy atom. The SMILES string of the molecule is C#CCNC(C)C(=C)c1ccc(Br)cc1. The van der Waals surface area contributed by atoms with Gasteiger partial charge in [0.15, 0.2) is 0 Å². The third-order valence-electron chi connectivity index (χ3n) is 2.25. The predicted molar refractivity (Wildman–Crippen MR) is 69.5 cm³/mol. The first-order chi connectivity index (χ1) is 7.15. The van der Waals surface area contributed by atoms with Crippen LogP contribution in [0.15, 0.2) is 35.3 Å². The first kappa shape index (κ1) is 12.0. The molecule has 0 aromatic heterocycles. The van der Waals surface area contributed by atoms with Crippen LogP contribution in [0.4, 0.5) is 0 Å². The van der Waals surface area contributed by atoms with Crippen molar-refractivity contribution in [2.45, 2.75) is 13.0 Å². The topological polar surface area (TPSA) is 12.0 Å². The highest BCUT2D eigenvalue weighted by atomic mass is 79.9. The van der Waals surface area contributed by atoms with E-state index in [1.807, 2.05) is 24.3 Å². The molecular weight excluding hydrogens is 250 g/mol. The van der Waals surface area contributed by atoms with E-state index in [1.54, 1.807) is 0 Å². The lowest BCUT2D eigenvalue weighted by Crippen LogP contribution is -2.27. The van der Waals surface area contributed by atoms with Crippen LogP contribution in [0.5, 0.6) is 0 Å². The zero-order chi connectivity index (χ0) is 11.3. The van der Waals surface area contributed by atoms with Gasteiger partial charge in [0.25, 0.3) is 0 Å². The molecule has 0 aliphatic heterocycles. The molecule has 2 heteroatoms. The van der Waals surface area contributed by atoms with E-state index in [9.17, 15) is 0 Å². The number of rotatable bonds is 4. The van der Waals surface area contributed by atoms with E-state index in [0.717, 1.165) is 15.6 Å². The van der Waals surface area contributed by atoms with Crippen LogP contribution in [-0.2, 0) is 0 Å². The quantitative estimate of drug-likeness (QED) is 0.824. The third-order valence-corrected chi connectivity index (χ3v) is 2.78. The Labute approximate surface area is 99.7 Å². The molecule has 0 aliphatic carbocycles. The molecule has 0 fully saturated rings. The molecule has 1 atom stereocenters. The van der Waals surface area contributed by atoms with Crippen LogP contribution in [0.2, 0.25) is 0 Å². The minimum atomic E-state index is 0.197. The maximum absolute atomic E-state index is 5.19. The number of halogens is 1. The highest BCUT2D eigenvalue weighted by Crippen LogP contribution is 2.18. The fraction of sp³-hybridized carbons (Fsp3) is 0.231. The van der Waals surface area contributed by atoms with Crippen LogP contribution in [0, 0.1) is 12.3 Å². The normalized spacial score (nSPS) is 11.8. The van der Waals surface area contributed by atoms with Crippen molar-refractivity contribution >= 4 is 21.5 Å². The fourth-order valence-electron chi connectivity index (χ4n) is 1.25. The highest BCUT2D eigenvalue weighted by molar-refractivity contribution is 9.10. The lowest BCUT2D eigenvalue weighted by Gasteiger charge is -2.15. The summed E-state index contributed by atoms with van der Waals surface area (Å²) >= 11 is 3.40. The lowest BCUT2D eigenvalue weighted by atomic mass is 10.0. The summed E-state index contributed by atoms with van der Waals surface area (Å²) in [6, 6.07) is 8.30. The summed E-state index contributed by atoms with van der Waals surface area (Å²) < 4.78 is 1.07. The number of hydrogen-bond acceptors (Lipinski definition) is 1. The van der Waals surface area contributed by atoms with Crippen LogP contribution >= 0.6 is 15.9 Å². The monoisotopic (exact) mass is 263 g/mol. The van der Waals surface area contributed by atoms with Gasteiger partial charge in [-0.05, 0) is 30.2 Å². The third kappa shape index (κ3) is 3.54. The lowest BCUT2D eigenvalue weighted by molar-refractivity contribution is 0.708. The van der Waals surface area contributed by atoms with Crippen LogP contribution in [0.25, 0.3) is 5.57 Å². The molecule has 15 heavy (non-hydrogen) atoms. The maximum Gasteiger partial charge on any atom is 0.0578 e. The minimum Gasteiger partial charge on any atom is -0.300 e. The standard InChI is InChI=1S/C13H14BrN/c1-4-9-15-11(3)10(2)12-5-7-13(14)8-6-12/h1,5-8,11,15H,2,9H2,3H3. The van der Waals surface area contributed by atoms with E-state index in [4.69, 9.17) is 6.42 Å². The molecule has 1 N–H and O–H groups in total. The second-order valence-electron chi connectivity index (χ2n) is 3.34. The van der Waals surface area contributed by atoms with Gasteiger partial charge in [-0.2, -0.15) is 0 Å². The number of nitrogens with one attached hydrogen (secondary N) is 1. The number of benzene rings is 1. The summed E-state index contributed by atoms with van der Waals surface area (Å²) in [5.41, 5.74) is 2.19. The second-order valence-corrected chi connectivity index (χ2v) is 4.25. The van der Waals surface area contributed by atoms with Gasteiger partial charge in [-0.1, -0.05) is 40.6 Å². The van der Waals surface area contributed by atoms with E-state index in [0.29, 0.717) is 6.54 Å². The Bertz CT molecular complexity index is 373. The second kappa shape index (κ2) is 5.75. The molecule has 0 saturated carbocycles. The van der Waals surface area contributed by atoms with Crippen molar-refractivity contribution in [1.82, 2.24) is 5.32 Å². The Balaban J connectivity index is 2.68. The van der Waals surface area contributed by atoms with Crippen molar-refractivity contribution in [3.8, 4) is 12.3 Å². The molecule has 0 spiro atoms. The molecule has 0 aliphatic rings. The van der Waals surface area contributed by atoms with Gasteiger partial charge in [-0.25, -0.2) is 0 Å². The molecule has 1 nitrogen and oxygen atoms in total. The molecule has 1 aromatic carbocycles. The molecule has 78 valence electrons. The molecule has 0 amide bonds. The average molecular weight is 264 g/mol. The summed E-state index contributed by atoms with van der Waals surface area (Å²) in [6.07, 6.45) is 5.19. The molecule has 1 aromatic rings. The van der Waals surface area contributed by atoms with Crippen molar-refractivity contribution in [3.63, 3.8) is 0 Å². The largest absolute Gasteiger partial charge is 0.300 e. The first-order valence-electron chi connectivity index (χ1n) is 4.76. The summed E-state index contributed by atoms with van der Waals surface area (Å²) in [5.74, 6) is 2.55. The van der Waals surface area contributed by atoms with Gasteiger partial charge in [0, 0.05) is 10.5 Å². The van der Waals surface area contributed by atoms with Gasteiger partial charge >= 0.3 is 0 Å². The van der Waals surface area contributed by atoms with Gasteiger partial charge in [-0.3, -0.25) is 5.32 Å². The van der Waals surface area contributed by atoms with Crippen LogP contribution in [0.1, 0.15) is 12.5 Å². The highest BCUT2D eigenvalue weighted by Gasteiger charge is 2.06. The number of terminal acetylenes is 1. The van der Waals surface area contributed by atoms with Crippen molar-refractivity contribution in [2.24, 2.45) is 0 Å². The van der Waals surface area contributed by atoms with Crippen molar-refractivity contribution in [1.29, 1.82) is 0 Å². The predicted octanol–water partition coefficient (Wildman–Crippen LogP) is 3.07. The van der Waals surface area contributed by atoms with Gasteiger partial charge in [0.1, 0.15) is 0 Å². The average Bonchev–Trinajstić information content (AvgIpc) is 2.26. The van der Waals surface area contributed by atoms with E-state index in [2.05, 4.69) is 40.7 Å². The molecule has 0 saturated heterocycles. The molecule has 1 rings (SSSR count). The van der Waals surface area contributed by atoms with Gasteiger partial charge in [0.05, 0.1) is 6.54 Å². The van der Waals surface area contributed by atoms with E-state index in [-0.39, 0.29) is 6.04 Å². The molecule has 0 radical (unpaired) electrons.